The van der Waals surface area contributed by atoms with Gasteiger partial charge in [-0.1, -0.05) is 11.3 Å². The lowest BCUT2D eigenvalue weighted by Gasteiger charge is -2.34. The number of imide groups is 1. The summed E-state index contributed by atoms with van der Waals surface area (Å²) >= 11 is 0.654. The first-order valence-electron chi connectivity index (χ1n) is 8.51. The molecule has 0 spiro atoms. The normalized spacial score (nSPS) is 19.1. The fraction of sp³-hybridized carbons (Fsp3) is 0.600. The molecular formula is C15H20N4O6S2. The van der Waals surface area contributed by atoms with Gasteiger partial charge in [-0.2, -0.15) is 4.31 Å². The molecule has 0 atom stereocenters. The summed E-state index contributed by atoms with van der Waals surface area (Å²) in [6, 6.07) is 0. The van der Waals surface area contributed by atoms with Crippen molar-refractivity contribution in [1.29, 1.82) is 0 Å². The number of hydrogen-bond acceptors (Lipinski definition) is 7. The standard InChI is InChI=1S/C15H20N4O6S2/c1-10-14(26-15(23)16-10)27(24,25)18-8-6-17(7-9-18)11(20)4-5-19-12(21)2-3-13(19)22/h2-9H2,1H3,(H,16,23). The Morgan fingerprint density at radius 1 is 1.07 bits per heavy atom. The lowest BCUT2D eigenvalue weighted by Crippen LogP contribution is -2.51. The maximum absolute atomic E-state index is 12.7. The summed E-state index contributed by atoms with van der Waals surface area (Å²) in [4.78, 5) is 51.5. The highest BCUT2D eigenvalue weighted by Gasteiger charge is 2.33. The molecule has 0 aliphatic carbocycles. The molecule has 12 heteroatoms. The van der Waals surface area contributed by atoms with Crippen LogP contribution in [0.3, 0.4) is 0 Å². The van der Waals surface area contributed by atoms with E-state index in [1.165, 1.54) is 16.1 Å². The number of sulfonamides is 1. The molecule has 1 aromatic rings. The van der Waals surface area contributed by atoms with Crippen molar-refractivity contribution in [3.8, 4) is 0 Å². The van der Waals surface area contributed by atoms with Crippen molar-refractivity contribution in [1.82, 2.24) is 19.1 Å². The molecule has 1 N–H and O–H groups in total. The van der Waals surface area contributed by atoms with E-state index in [9.17, 15) is 27.6 Å². The molecule has 2 fully saturated rings. The Morgan fingerprint density at radius 3 is 2.19 bits per heavy atom. The number of H-pyrrole nitrogens is 1. The summed E-state index contributed by atoms with van der Waals surface area (Å²) < 4.78 is 26.6. The zero-order valence-corrected chi connectivity index (χ0v) is 16.4. The minimum atomic E-state index is -3.78. The fourth-order valence-corrected chi connectivity index (χ4v) is 6.03. The van der Waals surface area contributed by atoms with Gasteiger partial charge in [0.15, 0.2) is 4.21 Å². The molecule has 0 unspecified atom stereocenters. The molecule has 3 rings (SSSR count). The van der Waals surface area contributed by atoms with Gasteiger partial charge in [0.25, 0.3) is 10.0 Å². The molecule has 10 nitrogen and oxygen atoms in total. The smallest absolute Gasteiger partial charge is 0.305 e. The minimum absolute atomic E-state index is 0.00154. The van der Waals surface area contributed by atoms with E-state index in [0.717, 1.165) is 4.90 Å². The van der Waals surface area contributed by atoms with E-state index in [1.54, 1.807) is 0 Å². The Morgan fingerprint density at radius 2 is 1.67 bits per heavy atom. The number of rotatable bonds is 5. The van der Waals surface area contributed by atoms with Crippen LogP contribution in [0, 0.1) is 6.92 Å². The number of aromatic nitrogens is 1. The number of nitrogens with zero attached hydrogens (tertiary/aromatic N) is 3. The maximum Gasteiger partial charge on any atom is 0.305 e. The molecule has 27 heavy (non-hydrogen) atoms. The lowest BCUT2D eigenvalue weighted by atomic mass is 10.3. The van der Waals surface area contributed by atoms with Gasteiger partial charge in [-0.25, -0.2) is 8.42 Å². The number of carbonyl (C=O) groups excluding carboxylic acids is 3. The third kappa shape index (κ3) is 3.96. The average Bonchev–Trinajstić information content (AvgIpc) is 3.14. The van der Waals surface area contributed by atoms with Crippen molar-refractivity contribution < 1.29 is 22.8 Å². The van der Waals surface area contributed by atoms with Gasteiger partial charge >= 0.3 is 4.87 Å². The van der Waals surface area contributed by atoms with Crippen molar-refractivity contribution in [3.63, 3.8) is 0 Å². The van der Waals surface area contributed by atoms with Gasteiger partial charge in [0, 0.05) is 57.7 Å². The molecule has 3 amide bonds. The van der Waals surface area contributed by atoms with Crippen molar-refractivity contribution >= 4 is 39.1 Å². The molecule has 1 aromatic heterocycles. The van der Waals surface area contributed by atoms with Gasteiger partial charge in [0.1, 0.15) is 0 Å². The number of nitrogens with one attached hydrogen (secondary N) is 1. The summed E-state index contributed by atoms with van der Waals surface area (Å²) in [6.45, 7) is 2.29. The van der Waals surface area contributed by atoms with Crippen LogP contribution in [-0.4, -0.2) is 78.0 Å². The number of carbonyl (C=O) groups is 3. The van der Waals surface area contributed by atoms with Gasteiger partial charge in [0.05, 0.1) is 0 Å². The average molecular weight is 416 g/mol. The van der Waals surface area contributed by atoms with Crippen LogP contribution >= 0.6 is 11.3 Å². The van der Waals surface area contributed by atoms with Crippen molar-refractivity contribution in [2.75, 3.05) is 32.7 Å². The predicted molar refractivity (Wildman–Crippen MR) is 95.6 cm³/mol. The Balaban J connectivity index is 1.56. The third-order valence-corrected chi connectivity index (χ3v) is 8.13. The Kier molecular flexibility index (Phi) is 5.49. The van der Waals surface area contributed by atoms with E-state index >= 15 is 0 Å². The second-order valence-corrected chi connectivity index (χ2v) is 9.52. The fourth-order valence-electron chi connectivity index (χ4n) is 3.17. The molecule has 2 aliphatic heterocycles. The van der Waals surface area contributed by atoms with Gasteiger partial charge < -0.3 is 9.88 Å². The highest BCUT2D eigenvalue weighted by atomic mass is 32.2. The number of aryl methyl sites for hydroxylation is 1. The first-order chi connectivity index (χ1) is 12.7. The first-order valence-corrected chi connectivity index (χ1v) is 10.8. The molecule has 3 heterocycles. The summed E-state index contributed by atoms with van der Waals surface area (Å²) in [7, 11) is -3.78. The number of aromatic amines is 1. The molecule has 0 radical (unpaired) electrons. The third-order valence-electron chi connectivity index (χ3n) is 4.65. The molecule has 0 bridgehead atoms. The minimum Gasteiger partial charge on any atom is -0.340 e. The van der Waals surface area contributed by atoms with Crippen molar-refractivity contribution in [2.45, 2.75) is 30.4 Å². The van der Waals surface area contributed by atoms with Crippen LogP contribution in [-0.2, 0) is 24.4 Å². The van der Waals surface area contributed by atoms with Gasteiger partial charge in [0.2, 0.25) is 17.7 Å². The number of hydrogen-bond donors (Lipinski definition) is 1. The van der Waals surface area contributed by atoms with Crippen molar-refractivity contribution in [2.24, 2.45) is 0 Å². The topological polar surface area (TPSA) is 128 Å². The van der Waals surface area contributed by atoms with Crippen molar-refractivity contribution in [3.05, 3.63) is 15.4 Å². The highest BCUT2D eigenvalue weighted by Crippen LogP contribution is 2.22. The molecule has 2 saturated heterocycles. The van der Waals surface area contributed by atoms with Crippen LogP contribution in [0.4, 0.5) is 0 Å². The van der Waals surface area contributed by atoms with Crippen LogP contribution in [0.1, 0.15) is 25.0 Å². The molecule has 0 saturated carbocycles. The zero-order chi connectivity index (χ0) is 19.8. The van der Waals surface area contributed by atoms with E-state index < -0.39 is 14.9 Å². The Labute approximate surface area is 159 Å². The van der Waals surface area contributed by atoms with Gasteiger partial charge in [-0.3, -0.25) is 24.1 Å². The zero-order valence-electron chi connectivity index (χ0n) is 14.8. The quantitative estimate of drug-likeness (QED) is 0.621. The maximum atomic E-state index is 12.7. The molecule has 0 aromatic carbocycles. The van der Waals surface area contributed by atoms with Crippen LogP contribution in [0.15, 0.2) is 9.00 Å². The summed E-state index contributed by atoms with van der Waals surface area (Å²) in [5.74, 6) is -0.740. The van der Waals surface area contributed by atoms with Crippen LogP contribution in [0.25, 0.3) is 0 Å². The highest BCUT2D eigenvalue weighted by molar-refractivity contribution is 7.91. The lowest BCUT2D eigenvalue weighted by molar-refractivity contribution is -0.139. The van der Waals surface area contributed by atoms with Gasteiger partial charge in [-0.05, 0) is 6.92 Å². The molecular weight excluding hydrogens is 396 g/mol. The van der Waals surface area contributed by atoms with Crippen LogP contribution < -0.4 is 4.87 Å². The number of amides is 3. The van der Waals surface area contributed by atoms with E-state index in [0.29, 0.717) is 17.0 Å². The van der Waals surface area contributed by atoms with E-state index in [1.807, 2.05) is 0 Å². The van der Waals surface area contributed by atoms with Crippen LogP contribution in [0.2, 0.25) is 0 Å². The number of thiazole rings is 1. The van der Waals surface area contributed by atoms with Crippen LogP contribution in [0.5, 0.6) is 0 Å². The van der Waals surface area contributed by atoms with E-state index in [4.69, 9.17) is 0 Å². The number of piperazine rings is 1. The Bertz CT molecular complexity index is 910. The second-order valence-electron chi connectivity index (χ2n) is 6.40. The van der Waals surface area contributed by atoms with Gasteiger partial charge in [-0.15, -0.1) is 0 Å². The van der Waals surface area contributed by atoms with E-state index in [2.05, 4.69) is 4.98 Å². The monoisotopic (exact) mass is 416 g/mol. The summed E-state index contributed by atoms with van der Waals surface area (Å²) in [5, 5.41) is 0. The van der Waals surface area contributed by atoms with E-state index in [-0.39, 0.29) is 73.9 Å². The largest absolute Gasteiger partial charge is 0.340 e. The molecule has 2 aliphatic rings. The molecule has 148 valence electrons. The first kappa shape index (κ1) is 19.7. The Hall–Kier alpha value is -2.05. The second kappa shape index (κ2) is 7.52. The summed E-state index contributed by atoms with van der Waals surface area (Å²) in [6.07, 6.45) is 0.408. The number of likely N-dealkylation sites (tertiary alicyclic amines) is 1. The summed E-state index contributed by atoms with van der Waals surface area (Å²) in [5.41, 5.74) is 0.309. The predicted octanol–water partition coefficient (Wildman–Crippen LogP) is -0.883. The SMILES string of the molecule is Cc1[nH]c(=O)sc1S(=O)(=O)N1CCN(C(=O)CCN2C(=O)CCC2=O)CC1.